The molecule has 1 aliphatic heterocycles. The van der Waals surface area contributed by atoms with Crippen LogP contribution in [-0.2, 0) is 19.6 Å². The summed E-state index contributed by atoms with van der Waals surface area (Å²) in [6.07, 6.45) is 2.78. The summed E-state index contributed by atoms with van der Waals surface area (Å²) >= 11 is 7.09. The summed E-state index contributed by atoms with van der Waals surface area (Å²) in [6.45, 7) is -0.286. The van der Waals surface area contributed by atoms with Crippen LogP contribution in [0.25, 0.3) is 10.1 Å². The lowest BCUT2D eigenvalue weighted by molar-refractivity contribution is -0.137. The van der Waals surface area contributed by atoms with Crippen molar-refractivity contribution in [1.29, 1.82) is 0 Å². The zero-order valence-corrected chi connectivity index (χ0v) is 17.9. The number of nitrogens with zero attached hydrogens (tertiary/aromatic N) is 4. The van der Waals surface area contributed by atoms with Crippen molar-refractivity contribution in [2.24, 2.45) is 0 Å². The lowest BCUT2D eigenvalue weighted by Crippen LogP contribution is -2.53. The van der Waals surface area contributed by atoms with Crippen molar-refractivity contribution in [2.45, 2.75) is 4.21 Å². The molecule has 0 aliphatic carbocycles. The fourth-order valence-electron chi connectivity index (χ4n) is 3.01. The molecule has 0 bridgehead atoms. The van der Waals surface area contributed by atoms with Crippen LogP contribution in [0.1, 0.15) is 0 Å². The zero-order valence-electron chi connectivity index (χ0n) is 15.5. The van der Waals surface area contributed by atoms with E-state index in [1.54, 1.807) is 24.3 Å². The number of thiophene rings is 1. The Balaban J connectivity index is 1.42. The zero-order chi connectivity index (χ0) is 21.3. The average molecular weight is 466 g/mol. The van der Waals surface area contributed by atoms with Gasteiger partial charge in [-0.15, -0.1) is 11.3 Å². The molecule has 1 saturated heterocycles. The number of carbonyl (C=O) groups excluding carboxylic acids is 2. The van der Waals surface area contributed by atoms with Crippen molar-refractivity contribution in [1.82, 2.24) is 19.2 Å². The first-order valence-electron chi connectivity index (χ1n) is 8.86. The van der Waals surface area contributed by atoms with Crippen LogP contribution in [0.5, 0.6) is 0 Å². The SMILES string of the molecule is O=C(CN1CCN(S(=O)(=O)c2cc3ccc(Cl)cc3s2)CC1=O)Nc1ccncn1. The molecule has 0 spiro atoms. The highest BCUT2D eigenvalue weighted by atomic mass is 35.5. The summed E-state index contributed by atoms with van der Waals surface area (Å²) in [5.41, 5.74) is 0. The van der Waals surface area contributed by atoms with Crippen molar-refractivity contribution in [3.8, 4) is 0 Å². The van der Waals surface area contributed by atoms with Gasteiger partial charge in [0.1, 0.15) is 16.4 Å². The van der Waals surface area contributed by atoms with E-state index in [1.165, 1.54) is 23.5 Å². The van der Waals surface area contributed by atoms with Crippen molar-refractivity contribution >= 4 is 60.7 Å². The van der Waals surface area contributed by atoms with Crippen LogP contribution >= 0.6 is 22.9 Å². The highest BCUT2D eigenvalue weighted by Gasteiger charge is 2.34. The molecular formula is C18H16ClN5O4S2. The number of aromatic nitrogens is 2. The molecule has 2 aromatic heterocycles. The van der Waals surface area contributed by atoms with Crippen molar-refractivity contribution < 1.29 is 18.0 Å². The number of benzene rings is 1. The largest absolute Gasteiger partial charge is 0.331 e. The van der Waals surface area contributed by atoms with E-state index < -0.39 is 21.8 Å². The van der Waals surface area contributed by atoms with Gasteiger partial charge in [-0.2, -0.15) is 4.31 Å². The molecule has 0 radical (unpaired) electrons. The Morgan fingerprint density at radius 2 is 2.07 bits per heavy atom. The maximum Gasteiger partial charge on any atom is 0.253 e. The molecule has 30 heavy (non-hydrogen) atoms. The van der Waals surface area contributed by atoms with Crippen LogP contribution in [0.15, 0.2) is 47.1 Å². The van der Waals surface area contributed by atoms with Crippen molar-refractivity contribution in [3.63, 3.8) is 0 Å². The molecule has 3 aromatic rings. The van der Waals surface area contributed by atoms with Crippen LogP contribution < -0.4 is 5.32 Å². The topological polar surface area (TPSA) is 113 Å². The number of carbonyl (C=O) groups is 2. The number of hydrogen-bond acceptors (Lipinski definition) is 7. The molecule has 0 atom stereocenters. The van der Waals surface area contributed by atoms with Crippen LogP contribution in [0.3, 0.4) is 0 Å². The molecule has 9 nitrogen and oxygen atoms in total. The van der Waals surface area contributed by atoms with E-state index in [2.05, 4.69) is 15.3 Å². The number of amides is 2. The monoisotopic (exact) mass is 465 g/mol. The third-order valence-electron chi connectivity index (χ3n) is 4.52. The molecule has 12 heteroatoms. The van der Waals surface area contributed by atoms with Gasteiger partial charge < -0.3 is 10.2 Å². The second-order valence-electron chi connectivity index (χ2n) is 6.54. The summed E-state index contributed by atoms with van der Waals surface area (Å²) in [7, 11) is -3.83. The molecule has 1 aromatic carbocycles. The smallest absolute Gasteiger partial charge is 0.253 e. The molecule has 0 unspecified atom stereocenters. The Morgan fingerprint density at radius 3 is 2.80 bits per heavy atom. The van der Waals surface area contributed by atoms with E-state index >= 15 is 0 Å². The minimum Gasteiger partial charge on any atom is -0.331 e. The summed E-state index contributed by atoms with van der Waals surface area (Å²) in [4.78, 5) is 33.6. The molecule has 0 saturated carbocycles. The summed E-state index contributed by atoms with van der Waals surface area (Å²) < 4.78 is 28.0. The van der Waals surface area contributed by atoms with Gasteiger partial charge in [0.25, 0.3) is 10.0 Å². The fraction of sp³-hybridized carbons (Fsp3) is 0.222. The number of rotatable bonds is 5. The summed E-state index contributed by atoms with van der Waals surface area (Å²) in [5, 5.41) is 3.87. The van der Waals surface area contributed by atoms with Gasteiger partial charge in [0.15, 0.2) is 0 Å². The molecule has 156 valence electrons. The number of sulfonamides is 1. The van der Waals surface area contributed by atoms with Gasteiger partial charge in [-0.05, 0) is 29.7 Å². The van der Waals surface area contributed by atoms with Crippen LogP contribution in [0.4, 0.5) is 5.82 Å². The predicted molar refractivity (Wildman–Crippen MR) is 113 cm³/mol. The summed E-state index contributed by atoms with van der Waals surface area (Å²) in [6, 6.07) is 8.27. The Labute approximate surface area is 181 Å². The van der Waals surface area contributed by atoms with E-state index in [0.29, 0.717) is 10.8 Å². The van der Waals surface area contributed by atoms with Gasteiger partial charge >= 0.3 is 0 Å². The predicted octanol–water partition coefficient (Wildman–Crippen LogP) is 1.82. The third kappa shape index (κ3) is 4.29. The molecule has 2 amide bonds. The van der Waals surface area contributed by atoms with Crippen LogP contribution in [-0.4, -0.2) is 65.6 Å². The molecule has 4 rings (SSSR count). The van der Waals surface area contributed by atoms with Gasteiger partial charge in [-0.25, -0.2) is 18.4 Å². The molecule has 1 N–H and O–H groups in total. The first-order valence-corrected chi connectivity index (χ1v) is 11.5. The average Bonchev–Trinajstić information content (AvgIpc) is 3.14. The van der Waals surface area contributed by atoms with Gasteiger partial charge in [0, 0.05) is 29.0 Å². The van der Waals surface area contributed by atoms with E-state index in [1.807, 2.05) is 0 Å². The maximum absolute atomic E-state index is 13.0. The molecular weight excluding hydrogens is 450 g/mol. The maximum atomic E-state index is 13.0. The van der Waals surface area contributed by atoms with Gasteiger partial charge in [-0.1, -0.05) is 17.7 Å². The molecule has 3 heterocycles. The minimum absolute atomic E-state index is 0.101. The number of piperazine rings is 1. The van der Waals surface area contributed by atoms with E-state index in [9.17, 15) is 18.0 Å². The van der Waals surface area contributed by atoms with E-state index in [4.69, 9.17) is 11.6 Å². The fourth-order valence-corrected chi connectivity index (χ4v) is 6.22. The second kappa shape index (κ2) is 8.26. The number of hydrogen-bond donors (Lipinski definition) is 1. The molecule has 1 fully saturated rings. The van der Waals surface area contributed by atoms with E-state index in [-0.39, 0.29) is 30.4 Å². The Bertz CT molecular complexity index is 1220. The third-order valence-corrected chi connectivity index (χ3v) is 8.15. The first-order chi connectivity index (χ1) is 14.3. The lowest BCUT2D eigenvalue weighted by Gasteiger charge is -2.32. The van der Waals surface area contributed by atoms with E-state index in [0.717, 1.165) is 25.7 Å². The van der Waals surface area contributed by atoms with Crippen molar-refractivity contribution in [2.75, 3.05) is 31.5 Å². The number of nitrogens with one attached hydrogen (secondary N) is 1. The summed E-state index contributed by atoms with van der Waals surface area (Å²) in [5.74, 6) is -0.528. The normalized spacial score (nSPS) is 15.5. The Morgan fingerprint density at radius 1 is 1.23 bits per heavy atom. The quantitative estimate of drug-likeness (QED) is 0.615. The highest BCUT2D eigenvalue weighted by Crippen LogP contribution is 2.33. The first kappa shape index (κ1) is 20.7. The van der Waals surface area contributed by atoms with Gasteiger partial charge in [-0.3, -0.25) is 9.59 Å². The van der Waals surface area contributed by atoms with Gasteiger partial charge in [0.2, 0.25) is 11.8 Å². The van der Waals surface area contributed by atoms with Crippen LogP contribution in [0, 0.1) is 0 Å². The standard InChI is InChI=1S/C18H16ClN5O4S2/c19-13-2-1-12-7-18(29-14(12)8-13)30(27,28)24-6-5-23(17(26)10-24)9-16(25)22-15-3-4-20-11-21-15/h1-4,7-8,11H,5-6,9-10H2,(H,20,21,22,25). The lowest BCUT2D eigenvalue weighted by atomic mass is 10.3. The van der Waals surface area contributed by atoms with Crippen molar-refractivity contribution in [3.05, 3.63) is 47.9 Å². The number of fused-ring (bicyclic) bond motifs is 1. The Hall–Kier alpha value is -2.60. The van der Waals surface area contributed by atoms with Crippen LogP contribution in [0.2, 0.25) is 5.02 Å². The number of anilines is 1. The molecule has 1 aliphatic rings. The highest BCUT2D eigenvalue weighted by molar-refractivity contribution is 7.91. The Kier molecular flexibility index (Phi) is 5.69. The van der Waals surface area contributed by atoms with Gasteiger partial charge in [0.05, 0.1) is 13.1 Å². The number of halogens is 1. The second-order valence-corrected chi connectivity index (χ2v) is 10.2. The minimum atomic E-state index is -3.83.